The molecule has 0 aliphatic carbocycles. The molecule has 0 aromatic carbocycles. The normalized spacial score (nSPS) is 14.2. The van der Waals surface area contributed by atoms with Crippen LogP contribution in [0.5, 0.6) is 0 Å². The number of ether oxygens (including phenoxy) is 1. The van der Waals surface area contributed by atoms with E-state index in [1.807, 2.05) is 33.9 Å². The van der Waals surface area contributed by atoms with E-state index in [-0.39, 0.29) is 11.6 Å². The maximum Gasteiger partial charge on any atom is 0.137 e. The Hall–Kier alpha value is -0.320. The Morgan fingerprint density at radius 2 is 2.27 bits per heavy atom. The van der Waals surface area contributed by atoms with Crippen molar-refractivity contribution in [2.75, 3.05) is 13.7 Å². The molecule has 15 heavy (non-hydrogen) atoms. The third-order valence-corrected chi connectivity index (χ3v) is 3.06. The van der Waals surface area contributed by atoms with Crippen molar-refractivity contribution in [3.8, 4) is 0 Å². The zero-order valence-corrected chi connectivity index (χ0v) is 11.2. The largest absolute Gasteiger partial charge is 0.466 e. The summed E-state index contributed by atoms with van der Waals surface area (Å²) >= 11 is 3.46. The van der Waals surface area contributed by atoms with Gasteiger partial charge in [-0.1, -0.05) is 0 Å². The zero-order valence-electron chi connectivity index (χ0n) is 9.63. The molecule has 1 atom stereocenters. The van der Waals surface area contributed by atoms with Crippen LogP contribution in [0.1, 0.15) is 32.6 Å². The molecule has 0 bridgehead atoms. The summed E-state index contributed by atoms with van der Waals surface area (Å²) in [4.78, 5) is 0. The van der Waals surface area contributed by atoms with Crippen molar-refractivity contribution in [3.63, 3.8) is 0 Å². The first-order valence-electron chi connectivity index (χ1n) is 5.07. The predicted octanol–water partition coefficient (Wildman–Crippen LogP) is 3.12. The van der Waals surface area contributed by atoms with Gasteiger partial charge in [-0.2, -0.15) is 0 Å². The van der Waals surface area contributed by atoms with Crippen LogP contribution in [-0.4, -0.2) is 19.3 Å². The zero-order chi connectivity index (χ0) is 11.5. The van der Waals surface area contributed by atoms with Crippen LogP contribution >= 0.6 is 15.9 Å². The van der Waals surface area contributed by atoms with Gasteiger partial charge in [0.2, 0.25) is 0 Å². The van der Waals surface area contributed by atoms with Gasteiger partial charge in [0, 0.05) is 6.61 Å². The fourth-order valence-corrected chi connectivity index (χ4v) is 2.19. The molecule has 1 rings (SSSR count). The summed E-state index contributed by atoms with van der Waals surface area (Å²) in [6, 6.07) is 1.92. The van der Waals surface area contributed by atoms with Crippen molar-refractivity contribution in [3.05, 3.63) is 22.6 Å². The highest BCUT2D eigenvalue weighted by molar-refractivity contribution is 9.10. The molecule has 1 N–H and O–H groups in total. The standard InChI is InChI=1S/C11H18BrNO2/c1-5-15-11(2,3)10(13-4)9-8(12)6-7-14-9/h6-7,10,13H,5H2,1-4H3. The fourth-order valence-electron chi connectivity index (χ4n) is 1.76. The summed E-state index contributed by atoms with van der Waals surface area (Å²) in [5.41, 5.74) is -0.302. The molecule has 0 radical (unpaired) electrons. The Morgan fingerprint density at radius 1 is 1.60 bits per heavy atom. The average Bonchev–Trinajstić information content (AvgIpc) is 2.53. The van der Waals surface area contributed by atoms with Gasteiger partial charge in [0.25, 0.3) is 0 Å². The quantitative estimate of drug-likeness (QED) is 0.897. The van der Waals surface area contributed by atoms with Gasteiger partial charge in [0.1, 0.15) is 5.76 Å². The van der Waals surface area contributed by atoms with Crippen LogP contribution in [0, 0.1) is 0 Å². The van der Waals surface area contributed by atoms with Crippen molar-refractivity contribution in [2.45, 2.75) is 32.4 Å². The van der Waals surface area contributed by atoms with E-state index in [0.717, 1.165) is 10.2 Å². The number of likely N-dealkylation sites (N-methyl/N-ethyl adjacent to an activating group) is 1. The molecule has 1 aromatic rings. The molecule has 0 aliphatic rings. The third kappa shape index (κ3) is 2.83. The van der Waals surface area contributed by atoms with E-state index in [4.69, 9.17) is 9.15 Å². The monoisotopic (exact) mass is 275 g/mol. The SMILES string of the molecule is CCOC(C)(C)C(NC)c1occc1Br. The molecular formula is C11H18BrNO2. The second-order valence-electron chi connectivity index (χ2n) is 3.89. The van der Waals surface area contributed by atoms with Crippen molar-refractivity contribution < 1.29 is 9.15 Å². The van der Waals surface area contributed by atoms with Crippen LogP contribution in [0.15, 0.2) is 21.2 Å². The molecule has 4 heteroatoms. The fraction of sp³-hybridized carbons (Fsp3) is 0.636. The van der Waals surface area contributed by atoms with Crippen molar-refractivity contribution in [1.82, 2.24) is 5.32 Å². The Bertz CT molecular complexity index is 309. The molecule has 0 fully saturated rings. The summed E-state index contributed by atoms with van der Waals surface area (Å²) in [7, 11) is 1.90. The first kappa shape index (κ1) is 12.7. The highest BCUT2D eigenvalue weighted by Gasteiger charge is 2.33. The van der Waals surface area contributed by atoms with Crippen LogP contribution in [-0.2, 0) is 4.74 Å². The second kappa shape index (κ2) is 5.14. The first-order chi connectivity index (χ1) is 7.03. The van der Waals surface area contributed by atoms with Gasteiger partial charge in [0.15, 0.2) is 0 Å². The van der Waals surface area contributed by atoms with E-state index in [0.29, 0.717) is 6.61 Å². The lowest BCUT2D eigenvalue weighted by molar-refractivity contribution is -0.0424. The number of nitrogens with one attached hydrogen (secondary N) is 1. The number of hydrogen-bond donors (Lipinski definition) is 1. The Labute approximate surface area is 99.3 Å². The first-order valence-corrected chi connectivity index (χ1v) is 5.86. The molecule has 3 nitrogen and oxygen atoms in total. The molecule has 86 valence electrons. The van der Waals surface area contributed by atoms with Gasteiger partial charge >= 0.3 is 0 Å². The van der Waals surface area contributed by atoms with Crippen molar-refractivity contribution in [2.24, 2.45) is 0 Å². The molecule has 1 unspecified atom stereocenters. The molecular weight excluding hydrogens is 258 g/mol. The minimum absolute atomic E-state index is 0.0295. The Kier molecular flexibility index (Phi) is 4.37. The molecule has 1 heterocycles. The molecule has 0 saturated carbocycles. The number of hydrogen-bond acceptors (Lipinski definition) is 3. The molecule has 0 spiro atoms. The van der Waals surface area contributed by atoms with Crippen LogP contribution in [0.2, 0.25) is 0 Å². The van der Waals surface area contributed by atoms with E-state index in [2.05, 4.69) is 21.2 Å². The van der Waals surface area contributed by atoms with Crippen LogP contribution in [0.3, 0.4) is 0 Å². The maximum absolute atomic E-state index is 5.72. The summed E-state index contributed by atoms with van der Waals surface area (Å²) in [6.45, 7) is 6.77. The average molecular weight is 276 g/mol. The Balaban J connectivity index is 2.93. The number of halogens is 1. The number of rotatable bonds is 5. The summed E-state index contributed by atoms with van der Waals surface area (Å²) in [5, 5.41) is 3.22. The van der Waals surface area contributed by atoms with Gasteiger partial charge in [-0.15, -0.1) is 0 Å². The third-order valence-electron chi connectivity index (χ3n) is 2.41. The molecule has 0 saturated heterocycles. The lowest BCUT2D eigenvalue weighted by Gasteiger charge is -2.32. The summed E-state index contributed by atoms with van der Waals surface area (Å²) < 4.78 is 12.1. The minimum atomic E-state index is -0.302. The van der Waals surface area contributed by atoms with Crippen LogP contribution < -0.4 is 5.32 Å². The van der Waals surface area contributed by atoms with Gasteiger partial charge in [-0.05, 0) is 49.8 Å². The molecule has 1 aromatic heterocycles. The van der Waals surface area contributed by atoms with Gasteiger partial charge in [-0.25, -0.2) is 0 Å². The topological polar surface area (TPSA) is 34.4 Å². The number of furan rings is 1. The van der Waals surface area contributed by atoms with E-state index < -0.39 is 0 Å². The highest BCUT2D eigenvalue weighted by Crippen LogP contribution is 2.33. The predicted molar refractivity (Wildman–Crippen MR) is 63.9 cm³/mol. The summed E-state index contributed by atoms with van der Waals surface area (Å²) in [5.74, 6) is 0.871. The lowest BCUT2D eigenvalue weighted by atomic mass is 9.96. The van der Waals surface area contributed by atoms with Gasteiger partial charge in [0.05, 0.1) is 22.4 Å². The van der Waals surface area contributed by atoms with E-state index in [1.165, 1.54) is 0 Å². The molecule has 0 amide bonds. The smallest absolute Gasteiger partial charge is 0.137 e. The van der Waals surface area contributed by atoms with Gasteiger partial charge < -0.3 is 14.5 Å². The van der Waals surface area contributed by atoms with Crippen LogP contribution in [0.25, 0.3) is 0 Å². The van der Waals surface area contributed by atoms with E-state index >= 15 is 0 Å². The second-order valence-corrected chi connectivity index (χ2v) is 4.75. The highest BCUT2D eigenvalue weighted by atomic mass is 79.9. The minimum Gasteiger partial charge on any atom is -0.466 e. The van der Waals surface area contributed by atoms with E-state index in [9.17, 15) is 0 Å². The lowest BCUT2D eigenvalue weighted by Crippen LogP contribution is -2.40. The Morgan fingerprint density at radius 3 is 2.67 bits per heavy atom. The van der Waals surface area contributed by atoms with Crippen molar-refractivity contribution >= 4 is 15.9 Å². The maximum atomic E-state index is 5.72. The van der Waals surface area contributed by atoms with E-state index in [1.54, 1.807) is 6.26 Å². The van der Waals surface area contributed by atoms with Gasteiger partial charge in [-0.3, -0.25) is 0 Å². The molecule has 0 aliphatic heterocycles. The van der Waals surface area contributed by atoms with Crippen molar-refractivity contribution in [1.29, 1.82) is 0 Å². The summed E-state index contributed by atoms with van der Waals surface area (Å²) in [6.07, 6.45) is 1.67. The van der Waals surface area contributed by atoms with Crippen LogP contribution in [0.4, 0.5) is 0 Å².